The predicted octanol–water partition coefficient (Wildman–Crippen LogP) is -0.876. The second-order valence-corrected chi connectivity index (χ2v) is 5.95. The molecule has 0 bridgehead atoms. The van der Waals surface area contributed by atoms with Crippen LogP contribution in [0.15, 0.2) is 0 Å². The van der Waals surface area contributed by atoms with E-state index < -0.39 is 16.3 Å². The van der Waals surface area contributed by atoms with Gasteiger partial charge in [0.05, 0.1) is 6.07 Å². The lowest BCUT2D eigenvalue weighted by atomic mass is 10.3. The zero-order valence-electron chi connectivity index (χ0n) is 9.09. The van der Waals surface area contributed by atoms with E-state index in [0.29, 0.717) is 32.7 Å². The Kier molecular flexibility index (Phi) is 3.44. The molecule has 0 amide bonds. The minimum absolute atomic E-state index is 0.386. The highest BCUT2D eigenvalue weighted by Crippen LogP contribution is 2.19. The van der Waals surface area contributed by atoms with E-state index in [1.54, 1.807) is 0 Å². The molecule has 1 atom stereocenters. The van der Waals surface area contributed by atoms with Crippen molar-refractivity contribution in [2.75, 3.05) is 32.7 Å². The van der Waals surface area contributed by atoms with Crippen LogP contribution in [0.2, 0.25) is 0 Å². The first-order valence-electron chi connectivity index (χ1n) is 5.53. The number of nitrogens with zero attached hydrogens (tertiary/aromatic N) is 3. The predicted molar refractivity (Wildman–Crippen MR) is 58.7 cm³/mol. The number of piperazine rings is 1. The zero-order chi connectivity index (χ0) is 11.6. The summed E-state index contributed by atoms with van der Waals surface area (Å²) >= 11 is 0. The van der Waals surface area contributed by atoms with Crippen LogP contribution in [-0.2, 0) is 10.2 Å². The van der Waals surface area contributed by atoms with Gasteiger partial charge in [-0.2, -0.15) is 22.3 Å². The van der Waals surface area contributed by atoms with Crippen LogP contribution in [0.3, 0.4) is 0 Å². The zero-order valence-corrected chi connectivity index (χ0v) is 9.91. The molecule has 6 nitrogen and oxygen atoms in total. The summed E-state index contributed by atoms with van der Waals surface area (Å²) in [5, 5.41) is 12.0. The molecule has 0 radical (unpaired) electrons. The molecule has 0 aliphatic carbocycles. The Bertz CT molecular complexity index is 383. The highest BCUT2D eigenvalue weighted by molar-refractivity contribution is 7.86. The standard InChI is InChI=1S/C9H16N4O2S/c10-7-9-8-11-3-6-13(9)16(14,15)12-4-1-2-5-12/h9,11H,1-6,8H2. The summed E-state index contributed by atoms with van der Waals surface area (Å²) in [6.45, 7) is 2.60. The molecular formula is C9H16N4O2S. The molecule has 1 N–H and O–H groups in total. The third-order valence-electron chi connectivity index (χ3n) is 3.03. The molecule has 0 spiro atoms. The highest BCUT2D eigenvalue weighted by atomic mass is 32.2. The fraction of sp³-hybridized carbons (Fsp3) is 0.889. The first-order chi connectivity index (χ1) is 7.66. The monoisotopic (exact) mass is 244 g/mol. The van der Waals surface area contributed by atoms with Crippen LogP contribution in [0.5, 0.6) is 0 Å². The molecular weight excluding hydrogens is 228 g/mol. The van der Waals surface area contributed by atoms with Crippen LogP contribution in [0.25, 0.3) is 0 Å². The highest BCUT2D eigenvalue weighted by Gasteiger charge is 2.37. The third kappa shape index (κ3) is 2.06. The summed E-state index contributed by atoms with van der Waals surface area (Å²) in [6, 6.07) is 1.47. The Labute approximate surface area is 96.0 Å². The Hall–Kier alpha value is -0.680. The van der Waals surface area contributed by atoms with E-state index in [1.165, 1.54) is 8.61 Å². The molecule has 1 unspecified atom stereocenters. The van der Waals surface area contributed by atoms with E-state index in [4.69, 9.17) is 5.26 Å². The Morgan fingerprint density at radius 3 is 2.56 bits per heavy atom. The summed E-state index contributed by atoms with van der Waals surface area (Å²) in [4.78, 5) is 0. The largest absolute Gasteiger partial charge is 0.313 e. The van der Waals surface area contributed by atoms with Gasteiger partial charge in [0.15, 0.2) is 0 Å². The maximum absolute atomic E-state index is 12.2. The normalized spacial score (nSPS) is 29.1. The first-order valence-corrected chi connectivity index (χ1v) is 6.93. The molecule has 2 rings (SSSR count). The molecule has 2 heterocycles. The van der Waals surface area contributed by atoms with Gasteiger partial charge in [0.2, 0.25) is 0 Å². The van der Waals surface area contributed by atoms with Crippen LogP contribution in [0.4, 0.5) is 0 Å². The lowest BCUT2D eigenvalue weighted by Gasteiger charge is -2.33. The van der Waals surface area contributed by atoms with Crippen molar-refractivity contribution in [1.82, 2.24) is 13.9 Å². The van der Waals surface area contributed by atoms with Crippen LogP contribution in [0.1, 0.15) is 12.8 Å². The van der Waals surface area contributed by atoms with Gasteiger partial charge in [-0.25, -0.2) is 0 Å². The molecule has 0 aromatic heterocycles. The van der Waals surface area contributed by atoms with Crippen LogP contribution >= 0.6 is 0 Å². The molecule has 2 saturated heterocycles. The van der Waals surface area contributed by atoms with E-state index in [-0.39, 0.29) is 0 Å². The number of nitriles is 1. The number of rotatable bonds is 2. The maximum atomic E-state index is 12.2. The molecule has 7 heteroatoms. The van der Waals surface area contributed by atoms with E-state index in [1.807, 2.05) is 6.07 Å². The van der Waals surface area contributed by atoms with Gasteiger partial charge in [-0.05, 0) is 12.8 Å². The van der Waals surface area contributed by atoms with E-state index >= 15 is 0 Å². The Balaban J connectivity index is 2.18. The molecule has 90 valence electrons. The van der Waals surface area contributed by atoms with Crippen LogP contribution < -0.4 is 5.32 Å². The molecule has 0 saturated carbocycles. The van der Waals surface area contributed by atoms with Gasteiger partial charge < -0.3 is 5.32 Å². The van der Waals surface area contributed by atoms with Crippen molar-refractivity contribution >= 4 is 10.2 Å². The molecule has 2 aliphatic rings. The van der Waals surface area contributed by atoms with Crippen molar-refractivity contribution in [2.24, 2.45) is 0 Å². The molecule has 2 aliphatic heterocycles. The minimum Gasteiger partial charge on any atom is -0.313 e. The van der Waals surface area contributed by atoms with Gasteiger partial charge in [0, 0.05) is 32.7 Å². The van der Waals surface area contributed by atoms with E-state index in [0.717, 1.165) is 12.8 Å². The maximum Gasteiger partial charge on any atom is 0.283 e. The lowest BCUT2D eigenvalue weighted by Crippen LogP contribution is -2.56. The molecule has 16 heavy (non-hydrogen) atoms. The number of nitrogens with one attached hydrogen (secondary N) is 1. The average Bonchev–Trinajstić information content (AvgIpc) is 2.83. The van der Waals surface area contributed by atoms with E-state index in [9.17, 15) is 8.42 Å². The second kappa shape index (κ2) is 4.67. The minimum atomic E-state index is -3.42. The number of hydrogen-bond acceptors (Lipinski definition) is 4. The van der Waals surface area contributed by atoms with Gasteiger partial charge in [-0.3, -0.25) is 0 Å². The van der Waals surface area contributed by atoms with Crippen LogP contribution in [-0.4, -0.2) is 55.8 Å². The van der Waals surface area contributed by atoms with Gasteiger partial charge in [-0.1, -0.05) is 0 Å². The van der Waals surface area contributed by atoms with Gasteiger partial charge in [0.1, 0.15) is 6.04 Å². The summed E-state index contributed by atoms with van der Waals surface area (Å²) in [6.07, 6.45) is 1.84. The quantitative estimate of drug-likeness (QED) is 0.684. The van der Waals surface area contributed by atoms with Crippen molar-refractivity contribution in [2.45, 2.75) is 18.9 Å². The Morgan fingerprint density at radius 1 is 1.25 bits per heavy atom. The summed E-state index contributed by atoms with van der Waals surface area (Å²) in [5.41, 5.74) is 0. The summed E-state index contributed by atoms with van der Waals surface area (Å²) < 4.78 is 27.3. The van der Waals surface area contributed by atoms with Gasteiger partial charge in [-0.15, -0.1) is 0 Å². The smallest absolute Gasteiger partial charge is 0.283 e. The topological polar surface area (TPSA) is 76.4 Å². The van der Waals surface area contributed by atoms with Crippen LogP contribution in [0, 0.1) is 11.3 Å². The van der Waals surface area contributed by atoms with Crippen molar-refractivity contribution in [3.8, 4) is 6.07 Å². The summed E-state index contributed by atoms with van der Waals surface area (Å²) in [7, 11) is -3.42. The van der Waals surface area contributed by atoms with Crippen molar-refractivity contribution in [3.63, 3.8) is 0 Å². The molecule has 2 fully saturated rings. The Morgan fingerprint density at radius 2 is 1.94 bits per heavy atom. The molecule has 0 aromatic rings. The fourth-order valence-corrected chi connectivity index (χ4v) is 3.92. The summed E-state index contributed by atoms with van der Waals surface area (Å²) in [5.74, 6) is 0. The third-order valence-corrected chi connectivity index (χ3v) is 5.08. The number of hydrogen-bond donors (Lipinski definition) is 1. The van der Waals surface area contributed by atoms with Crippen molar-refractivity contribution in [3.05, 3.63) is 0 Å². The molecule has 0 aromatic carbocycles. The van der Waals surface area contributed by atoms with Crippen molar-refractivity contribution in [1.29, 1.82) is 5.26 Å². The van der Waals surface area contributed by atoms with Gasteiger partial charge >= 0.3 is 0 Å². The van der Waals surface area contributed by atoms with E-state index in [2.05, 4.69) is 5.32 Å². The fourth-order valence-electron chi connectivity index (χ4n) is 2.14. The second-order valence-electron chi connectivity index (χ2n) is 4.07. The SMILES string of the molecule is N#CC1CNCCN1S(=O)(=O)N1CCCC1. The van der Waals surface area contributed by atoms with Crippen molar-refractivity contribution < 1.29 is 8.42 Å². The first kappa shape index (κ1) is 11.8. The lowest BCUT2D eigenvalue weighted by molar-refractivity contribution is 0.287. The average molecular weight is 244 g/mol. The van der Waals surface area contributed by atoms with Gasteiger partial charge in [0.25, 0.3) is 10.2 Å².